The van der Waals surface area contributed by atoms with Gasteiger partial charge in [-0.2, -0.15) is 13.2 Å². The molecule has 5 nitrogen and oxygen atoms in total. The summed E-state index contributed by atoms with van der Waals surface area (Å²) < 4.78 is 40.7. The molecule has 0 atom stereocenters. The first-order valence-corrected chi connectivity index (χ1v) is 12.2. The summed E-state index contributed by atoms with van der Waals surface area (Å²) in [6, 6.07) is 12.6. The van der Waals surface area contributed by atoms with Gasteiger partial charge in [-0.1, -0.05) is 31.0 Å². The molecular weight excluding hydrogens is 467 g/mol. The van der Waals surface area contributed by atoms with E-state index in [0.717, 1.165) is 48.7 Å². The maximum Gasteiger partial charge on any atom is 0.416 e. The summed E-state index contributed by atoms with van der Waals surface area (Å²) in [5.74, 6) is -0.674. The lowest BCUT2D eigenvalue weighted by Crippen LogP contribution is -2.36. The van der Waals surface area contributed by atoms with Crippen molar-refractivity contribution in [2.24, 2.45) is 5.92 Å². The third-order valence-corrected chi connectivity index (χ3v) is 6.94. The van der Waals surface area contributed by atoms with Crippen molar-refractivity contribution in [2.75, 3.05) is 16.8 Å². The molecule has 0 bridgehead atoms. The maximum absolute atomic E-state index is 13.6. The van der Waals surface area contributed by atoms with E-state index in [1.807, 2.05) is 18.2 Å². The van der Waals surface area contributed by atoms with Crippen molar-refractivity contribution in [3.8, 4) is 0 Å². The number of nitrogens with one attached hydrogen (secondary N) is 1. The number of hydrogen-bond acceptors (Lipinski definition) is 3. The molecule has 1 saturated carbocycles. The van der Waals surface area contributed by atoms with Crippen molar-refractivity contribution in [1.82, 2.24) is 4.98 Å². The second-order valence-electron chi connectivity index (χ2n) is 9.37. The van der Waals surface area contributed by atoms with Gasteiger partial charge >= 0.3 is 6.18 Å². The Labute approximate surface area is 207 Å². The molecule has 186 valence electrons. The van der Waals surface area contributed by atoms with E-state index in [-0.39, 0.29) is 23.4 Å². The lowest BCUT2D eigenvalue weighted by molar-refractivity contribution is -0.137. The standard InChI is InChI=1S/C28H26F3N3O2/c29-28(30,31)21-10-12-23-20(8-4-14-34(25(23)16-21)27(36)19-5-1-2-6-19)15-26(35)33-22-11-9-18-7-3-13-32-24(18)17-22/h3,7,9-13,15-17,19H,1-2,4-6,8,14H2,(H,33,35)/b20-15+. The SMILES string of the molecule is O=C(/C=C1\CCCN(C(=O)C2CCCC2)c2cc(C(F)(F)F)ccc21)Nc1ccc2cccnc2c1. The van der Waals surface area contributed by atoms with Crippen LogP contribution in [-0.2, 0) is 15.8 Å². The van der Waals surface area contributed by atoms with Crippen molar-refractivity contribution < 1.29 is 22.8 Å². The average Bonchev–Trinajstić information content (AvgIpc) is 3.34. The summed E-state index contributed by atoms with van der Waals surface area (Å²) in [6.07, 6.45) is 3.02. The normalized spacial score (nSPS) is 17.8. The number of rotatable bonds is 3. The van der Waals surface area contributed by atoms with Gasteiger partial charge < -0.3 is 10.2 Å². The van der Waals surface area contributed by atoms with Crippen molar-refractivity contribution in [3.05, 3.63) is 71.9 Å². The molecule has 36 heavy (non-hydrogen) atoms. The Bertz CT molecular complexity index is 1340. The quantitative estimate of drug-likeness (QED) is 0.419. The second kappa shape index (κ2) is 9.76. The molecule has 1 N–H and O–H groups in total. The van der Waals surface area contributed by atoms with Gasteiger partial charge in [-0.3, -0.25) is 14.6 Å². The van der Waals surface area contributed by atoms with E-state index < -0.39 is 11.7 Å². The van der Waals surface area contributed by atoms with Crippen LogP contribution in [0.15, 0.2) is 60.8 Å². The van der Waals surface area contributed by atoms with Crippen LogP contribution in [0.1, 0.15) is 49.7 Å². The first-order valence-electron chi connectivity index (χ1n) is 12.2. The van der Waals surface area contributed by atoms with Gasteiger partial charge in [0.1, 0.15) is 0 Å². The van der Waals surface area contributed by atoms with Crippen LogP contribution in [-0.4, -0.2) is 23.3 Å². The van der Waals surface area contributed by atoms with E-state index in [0.29, 0.717) is 36.2 Å². The second-order valence-corrected chi connectivity index (χ2v) is 9.37. The average molecular weight is 494 g/mol. The Morgan fingerprint density at radius 2 is 1.83 bits per heavy atom. The number of carbonyl (C=O) groups excluding carboxylic acids is 2. The third kappa shape index (κ3) is 4.98. The van der Waals surface area contributed by atoms with E-state index in [1.165, 1.54) is 17.0 Å². The number of pyridine rings is 1. The Kier molecular flexibility index (Phi) is 6.51. The van der Waals surface area contributed by atoms with E-state index in [4.69, 9.17) is 0 Å². The monoisotopic (exact) mass is 493 g/mol. The fourth-order valence-electron chi connectivity index (χ4n) is 5.14. The first kappa shape index (κ1) is 24.0. The Hall–Kier alpha value is -3.68. The summed E-state index contributed by atoms with van der Waals surface area (Å²) in [6.45, 7) is 0.318. The van der Waals surface area contributed by atoms with E-state index in [2.05, 4.69) is 10.3 Å². The van der Waals surface area contributed by atoms with Crippen molar-refractivity contribution in [2.45, 2.75) is 44.7 Å². The maximum atomic E-state index is 13.6. The summed E-state index contributed by atoms with van der Waals surface area (Å²) in [7, 11) is 0. The zero-order valence-corrected chi connectivity index (χ0v) is 19.6. The van der Waals surface area contributed by atoms with Crippen molar-refractivity contribution in [1.29, 1.82) is 0 Å². The van der Waals surface area contributed by atoms with Crippen LogP contribution in [0, 0.1) is 5.92 Å². The number of alkyl halides is 3. The molecule has 3 aromatic rings. The van der Waals surface area contributed by atoms with Crippen LogP contribution in [0.4, 0.5) is 24.5 Å². The van der Waals surface area contributed by atoms with Gasteiger partial charge in [0.05, 0.1) is 16.8 Å². The summed E-state index contributed by atoms with van der Waals surface area (Å²) in [4.78, 5) is 32.0. The molecular formula is C28H26F3N3O2. The highest BCUT2D eigenvalue weighted by Crippen LogP contribution is 2.40. The first-order chi connectivity index (χ1) is 17.3. The minimum absolute atomic E-state index is 0.123. The number of benzene rings is 2. The molecule has 0 spiro atoms. The molecule has 1 aliphatic heterocycles. The number of hydrogen-bond donors (Lipinski definition) is 1. The molecule has 0 radical (unpaired) electrons. The van der Waals surface area contributed by atoms with Crippen LogP contribution >= 0.6 is 0 Å². The van der Waals surface area contributed by atoms with E-state index in [9.17, 15) is 22.8 Å². The van der Waals surface area contributed by atoms with Crippen LogP contribution in [0.2, 0.25) is 0 Å². The minimum atomic E-state index is -4.53. The molecule has 0 unspecified atom stereocenters. The molecule has 0 saturated heterocycles. The molecule has 2 heterocycles. The number of anilines is 2. The molecule has 1 fully saturated rings. The third-order valence-electron chi connectivity index (χ3n) is 6.94. The van der Waals surface area contributed by atoms with Gasteiger partial charge in [-0.05, 0) is 61.6 Å². The highest BCUT2D eigenvalue weighted by Gasteiger charge is 2.35. The highest BCUT2D eigenvalue weighted by molar-refractivity contribution is 6.07. The zero-order valence-electron chi connectivity index (χ0n) is 19.6. The molecule has 5 rings (SSSR count). The number of halogens is 3. The molecule has 2 aliphatic rings. The van der Waals surface area contributed by atoms with Gasteiger partial charge in [0.15, 0.2) is 0 Å². The zero-order chi connectivity index (χ0) is 25.3. The van der Waals surface area contributed by atoms with E-state index >= 15 is 0 Å². The van der Waals surface area contributed by atoms with Crippen LogP contribution in [0.3, 0.4) is 0 Å². The molecule has 8 heteroatoms. The Morgan fingerprint density at radius 3 is 2.61 bits per heavy atom. The van der Waals surface area contributed by atoms with Crippen LogP contribution < -0.4 is 10.2 Å². The van der Waals surface area contributed by atoms with Gasteiger partial charge in [-0.25, -0.2) is 0 Å². The lowest BCUT2D eigenvalue weighted by atomic mass is 9.97. The van der Waals surface area contributed by atoms with Gasteiger partial charge in [0, 0.05) is 41.4 Å². The fourth-order valence-corrected chi connectivity index (χ4v) is 5.14. The molecule has 2 aromatic carbocycles. The van der Waals surface area contributed by atoms with Gasteiger partial charge in [0.2, 0.25) is 11.8 Å². The van der Waals surface area contributed by atoms with Crippen molar-refractivity contribution in [3.63, 3.8) is 0 Å². The highest BCUT2D eigenvalue weighted by atomic mass is 19.4. The van der Waals surface area contributed by atoms with Crippen LogP contribution in [0.5, 0.6) is 0 Å². The van der Waals surface area contributed by atoms with E-state index in [1.54, 1.807) is 18.3 Å². The van der Waals surface area contributed by atoms with Gasteiger partial charge in [0.25, 0.3) is 0 Å². The number of allylic oxidation sites excluding steroid dienone is 1. The smallest absolute Gasteiger partial charge is 0.322 e. The molecule has 1 aromatic heterocycles. The predicted molar refractivity (Wildman–Crippen MR) is 133 cm³/mol. The largest absolute Gasteiger partial charge is 0.416 e. The number of nitrogens with zero attached hydrogens (tertiary/aromatic N) is 2. The summed E-state index contributed by atoms with van der Waals surface area (Å²) in [5, 5.41) is 3.77. The number of amides is 2. The Balaban J connectivity index is 1.48. The molecule has 1 aliphatic carbocycles. The summed E-state index contributed by atoms with van der Waals surface area (Å²) in [5.41, 5.74) is 1.83. The number of aromatic nitrogens is 1. The number of fused-ring (bicyclic) bond motifs is 2. The number of carbonyl (C=O) groups is 2. The van der Waals surface area contributed by atoms with Gasteiger partial charge in [-0.15, -0.1) is 0 Å². The lowest BCUT2D eigenvalue weighted by Gasteiger charge is -2.26. The molecule has 2 amide bonds. The van der Waals surface area contributed by atoms with Crippen LogP contribution in [0.25, 0.3) is 16.5 Å². The fraction of sp³-hybridized carbons (Fsp3) is 0.321. The topological polar surface area (TPSA) is 62.3 Å². The summed E-state index contributed by atoms with van der Waals surface area (Å²) >= 11 is 0. The predicted octanol–water partition coefficient (Wildman–Crippen LogP) is 6.59. The minimum Gasteiger partial charge on any atom is -0.322 e. The van der Waals surface area contributed by atoms with Crippen molar-refractivity contribution >= 4 is 39.7 Å². The Morgan fingerprint density at radius 1 is 1.03 bits per heavy atom.